The highest BCUT2D eigenvalue weighted by molar-refractivity contribution is 4.58. The molecule has 104 valence electrons. The van der Waals surface area contributed by atoms with Gasteiger partial charge in [-0.05, 0) is 45.9 Å². The maximum Gasteiger partial charge on any atom is 0.390 e. The maximum atomic E-state index is 11.9. The van der Waals surface area contributed by atoms with Crippen LogP contribution in [0, 0.1) is 0 Å². The fourth-order valence-corrected chi connectivity index (χ4v) is 1.54. The Morgan fingerprint density at radius 3 is 2.29 bits per heavy atom. The fourth-order valence-electron chi connectivity index (χ4n) is 1.54. The van der Waals surface area contributed by atoms with Gasteiger partial charge in [-0.15, -0.1) is 0 Å². The van der Waals surface area contributed by atoms with E-state index in [-0.39, 0.29) is 6.54 Å². The van der Waals surface area contributed by atoms with E-state index in [2.05, 4.69) is 12.2 Å². The summed E-state index contributed by atoms with van der Waals surface area (Å²) in [6, 6.07) is 0. The highest BCUT2D eigenvalue weighted by atomic mass is 19.4. The van der Waals surface area contributed by atoms with Crippen LogP contribution in [0.3, 0.4) is 0 Å². The number of alkyl halides is 3. The van der Waals surface area contributed by atoms with Crippen molar-refractivity contribution in [3.8, 4) is 0 Å². The Hall–Kier alpha value is -0.290. The zero-order valence-electron chi connectivity index (χ0n) is 10.9. The van der Waals surface area contributed by atoms with Gasteiger partial charge in [-0.25, -0.2) is 0 Å². The molecule has 0 aliphatic heterocycles. The Balaban J connectivity index is 3.25. The molecule has 0 bridgehead atoms. The molecule has 0 saturated heterocycles. The Labute approximate surface area is 103 Å². The van der Waals surface area contributed by atoms with E-state index in [9.17, 15) is 13.2 Å². The Bertz CT molecular complexity index is 172. The van der Waals surface area contributed by atoms with Crippen molar-refractivity contribution in [2.75, 3.05) is 33.2 Å². The van der Waals surface area contributed by atoms with E-state index >= 15 is 0 Å². The summed E-state index contributed by atoms with van der Waals surface area (Å²) in [7, 11) is 1.75. The predicted octanol–water partition coefficient (Wildman–Crippen LogP) is 3.04. The molecule has 2 nitrogen and oxygen atoms in total. The average Bonchev–Trinajstić information content (AvgIpc) is 2.24. The normalized spacial score (nSPS) is 12.4. The zero-order chi connectivity index (χ0) is 13.1. The molecule has 0 unspecified atom stereocenters. The minimum atomic E-state index is -4.03. The molecule has 0 aromatic rings. The van der Waals surface area contributed by atoms with Gasteiger partial charge in [-0.2, -0.15) is 13.2 Å². The van der Waals surface area contributed by atoms with Crippen molar-refractivity contribution >= 4 is 0 Å². The third-order valence-corrected chi connectivity index (χ3v) is 2.60. The largest absolute Gasteiger partial charge is 0.390 e. The molecule has 0 fully saturated rings. The number of rotatable bonds is 10. The molecule has 0 spiro atoms. The Morgan fingerprint density at radius 1 is 1.00 bits per heavy atom. The molecule has 0 rings (SSSR count). The lowest BCUT2D eigenvalue weighted by molar-refractivity contribution is -0.137. The summed E-state index contributed by atoms with van der Waals surface area (Å²) in [4.78, 5) is 1.76. The molecular weight excluding hydrogens is 229 g/mol. The molecule has 0 aliphatic carbocycles. The van der Waals surface area contributed by atoms with Gasteiger partial charge in [0.15, 0.2) is 0 Å². The van der Waals surface area contributed by atoms with Gasteiger partial charge in [-0.1, -0.05) is 13.3 Å². The van der Waals surface area contributed by atoms with Crippen LogP contribution in [0.25, 0.3) is 0 Å². The van der Waals surface area contributed by atoms with Crippen LogP contribution >= 0.6 is 0 Å². The molecule has 0 saturated carbocycles. The Kier molecular flexibility index (Phi) is 9.55. The van der Waals surface area contributed by atoms with E-state index in [1.165, 1.54) is 0 Å². The van der Waals surface area contributed by atoms with Gasteiger partial charge < -0.3 is 10.2 Å². The Morgan fingerprint density at radius 2 is 1.71 bits per heavy atom. The van der Waals surface area contributed by atoms with Crippen molar-refractivity contribution in [1.29, 1.82) is 0 Å². The number of nitrogens with one attached hydrogen (secondary N) is 1. The smallest absolute Gasteiger partial charge is 0.317 e. The first-order valence-electron chi connectivity index (χ1n) is 6.41. The average molecular weight is 254 g/mol. The first-order valence-corrected chi connectivity index (χ1v) is 6.41. The molecule has 0 aromatic heterocycles. The van der Waals surface area contributed by atoms with E-state index in [1.807, 2.05) is 0 Å². The van der Waals surface area contributed by atoms with Gasteiger partial charge in [0, 0.05) is 6.54 Å². The first kappa shape index (κ1) is 16.7. The molecule has 0 aliphatic rings. The SMILES string of the molecule is CCCNCCCCCN(C)CCC(F)(F)F. The van der Waals surface area contributed by atoms with Crippen molar-refractivity contribution in [3.63, 3.8) is 0 Å². The van der Waals surface area contributed by atoms with Crippen LogP contribution in [0.4, 0.5) is 13.2 Å². The highest BCUT2D eigenvalue weighted by Gasteiger charge is 2.26. The molecule has 0 aromatic carbocycles. The van der Waals surface area contributed by atoms with Gasteiger partial charge in [0.25, 0.3) is 0 Å². The van der Waals surface area contributed by atoms with Gasteiger partial charge in [0.2, 0.25) is 0 Å². The minimum Gasteiger partial charge on any atom is -0.317 e. The van der Waals surface area contributed by atoms with Crippen LogP contribution in [0.2, 0.25) is 0 Å². The molecule has 0 radical (unpaired) electrons. The summed E-state index contributed by atoms with van der Waals surface area (Å²) in [5.41, 5.74) is 0. The summed E-state index contributed by atoms with van der Waals surface area (Å²) >= 11 is 0. The van der Waals surface area contributed by atoms with E-state index in [0.717, 1.165) is 45.3 Å². The summed E-state index contributed by atoms with van der Waals surface area (Å²) in [6.45, 7) is 5.05. The third-order valence-electron chi connectivity index (χ3n) is 2.60. The van der Waals surface area contributed by atoms with Crippen molar-refractivity contribution in [2.24, 2.45) is 0 Å². The molecule has 0 heterocycles. The molecule has 5 heteroatoms. The number of unbranched alkanes of at least 4 members (excludes halogenated alkanes) is 2. The van der Waals surface area contributed by atoms with Crippen molar-refractivity contribution in [3.05, 3.63) is 0 Å². The monoisotopic (exact) mass is 254 g/mol. The van der Waals surface area contributed by atoms with Crippen molar-refractivity contribution in [2.45, 2.75) is 45.2 Å². The van der Waals surface area contributed by atoms with Gasteiger partial charge >= 0.3 is 6.18 Å². The van der Waals surface area contributed by atoms with Crippen LogP contribution in [0.1, 0.15) is 39.0 Å². The molecule has 0 atom stereocenters. The highest BCUT2D eigenvalue weighted by Crippen LogP contribution is 2.19. The van der Waals surface area contributed by atoms with E-state index in [4.69, 9.17) is 0 Å². The second-order valence-corrected chi connectivity index (χ2v) is 4.48. The second-order valence-electron chi connectivity index (χ2n) is 4.48. The summed E-state index contributed by atoms with van der Waals surface area (Å²) in [5.74, 6) is 0. The lowest BCUT2D eigenvalue weighted by atomic mass is 10.2. The first-order chi connectivity index (χ1) is 7.95. The van der Waals surface area contributed by atoms with E-state index in [0.29, 0.717) is 0 Å². The van der Waals surface area contributed by atoms with Crippen LogP contribution < -0.4 is 5.32 Å². The number of halogens is 3. The lowest BCUT2D eigenvalue weighted by Gasteiger charge is -2.17. The maximum absolute atomic E-state index is 11.9. The van der Waals surface area contributed by atoms with Crippen LogP contribution in [0.5, 0.6) is 0 Å². The number of hydrogen-bond donors (Lipinski definition) is 1. The van der Waals surface area contributed by atoms with Gasteiger partial charge in [-0.3, -0.25) is 0 Å². The van der Waals surface area contributed by atoms with Gasteiger partial charge in [0.05, 0.1) is 6.42 Å². The van der Waals surface area contributed by atoms with Crippen LogP contribution in [-0.4, -0.2) is 44.3 Å². The lowest BCUT2D eigenvalue weighted by Crippen LogP contribution is -2.25. The fraction of sp³-hybridized carbons (Fsp3) is 1.00. The molecule has 0 amide bonds. The number of nitrogens with zero attached hydrogens (tertiary/aromatic N) is 1. The quantitative estimate of drug-likeness (QED) is 0.603. The minimum absolute atomic E-state index is 0.109. The van der Waals surface area contributed by atoms with Crippen LogP contribution in [0.15, 0.2) is 0 Å². The van der Waals surface area contributed by atoms with Crippen molar-refractivity contribution in [1.82, 2.24) is 10.2 Å². The summed E-state index contributed by atoms with van der Waals surface area (Å²) in [6.07, 6.45) is -0.442. The van der Waals surface area contributed by atoms with Gasteiger partial charge in [0.1, 0.15) is 0 Å². The third kappa shape index (κ3) is 13.6. The second kappa shape index (κ2) is 9.71. The molecule has 17 heavy (non-hydrogen) atoms. The van der Waals surface area contributed by atoms with Crippen molar-refractivity contribution < 1.29 is 13.2 Å². The molecular formula is C12H25F3N2. The number of hydrogen-bond acceptors (Lipinski definition) is 2. The zero-order valence-corrected chi connectivity index (χ0v) is 10.9. The van der Waals surface area contributed by atoms with E-state index in [1.54, 1.807) is 11.9 Å². The van der Waals surface area contributed by atoms with Crippen LogP contribution in [-0.2, 0) is 0 Å². The summed E-state index contributed by atoms with van der Waals surface area (Å²) in [5, 5.41) is 3.31. The predicted molar refractivity (Wildman–Crippen MR) is 65.2 cm³/mol. The topological polar surface area (TPSA) is 15.3 Å². The van der Waals surface area contributed by atoms with E-state index < -0.39 is 12.6 Å². The summed E-state index contributed by atoms with van der Waals surface area (Å²) < 4.78 is 35.8. The standard InChI is InChI=1S/C12H25F3N2/c1-3-8-16-9-5-4-6-10-17(2)11-7-12(13,14)15/h16H,3-11H2,1-2H3. The molecule has 1 N–H and O–H groups in total.